The van der Waals surface area contributed by atoms with Crippen LogP contribution in [0.5, 0.6) is 0 Å². The first-order chi connectivity index (χ1) is 8.44. The fourth-order valence-corrected chi connectivity index (χ4v) is 2.37. The second kappa shape index (κ2) is 5.08. The minimum Gasteiger partial charge on any atom is -0.325 e. The highest BCUT2D eigenvalue weighted by atomic mass is 32.1. The summed E-state index contributed by atoms with van der Waals surface area (Å²) in [5.41, 5.74) is 0.802. The topological polar surface area (TPSA) is 41.1 Å². The van der Waals surface area contributed by atoms with Gasteiger partial charge in [-0.2, -0.15) is 0 Å². The minimum atomic E-state index is -0.0470. The Hall–Kier alpha value is -1.39. The summed E-state index contributed by atoms with van der Waals surface area (Å²) in [4.78, 5) is 11.8. The molecule has 0 aliphatic heterocycles. The van der Waals surface area contributed by atoms with Crippen molar-refractivity contribution in [1.29, 1.82) is 0 Å². The first-order valence-corrected chi connectivity index (χ1v) is 6.84. The highest BCUT2D eigenvalue weighted by Crippen LogP contribution is 2.23. The van der Waals surface area contributed by atoms with E-state index in [1.807, 2.05) is 39.0 Å². The Kier molecular flexibility index (Phi) is 3.68. The van der Waals surface area contributed by atoms with Crippen molar-refractivity contribution in [2.45, 2.75) is 26.3 Å². The maximum atomic E-state index is 11.8. The predicted molar refractivity (Wildman–Crippen MR) is 78.2 cm³/mol. The number of fused-ring (bicyclic) bond motifs is 1. The van der Waals surface area contributed by atoms with Crippen LogP contribution in [0.15, 0.2) is 29.6 Å². The van der Waals surface area contributed by atoms with Gasteiger partial charge in [-0.15, -0.1) is 11.3 Å². The van der Waals surface area contributed by atoms with Crippen molar-refractivity contribution in [2.75, 3.05) is 11.9 Å². The molecule has 3 nitrogen and oxygen atoms in total. The quantitative estimate of drug-likeness (QED) is 0.891. The first kappa shape index (κ1) is 13.1. The Morgan fingerprint density at radius 3 is 2.78 bits per heavy atom. The maximum absolute atomic E-state index is 11.8. The number of nitrogens with one attached hydrogen (secondary N) is 2. The molecule has 0 fully saturated rings. The Morgan fingerprint density at radius 2 is 2.06 bits per heavy atom. The lowest BCUT2D eigenvalue weighted by Crippen LogP contribution is -2.41. The predicted octanol–water partition coefficient (Wildman–Crippen LogP) is 3.23. The summed E-state index contributed by atoms with van der Waals surface area (Å²) in [7, 11) is 0. The lowest BCUT2D eigenvalue weighted by Gasteiger charge is -2.20. The van der Waals surface area contributed by atoms with Gasteiger partial charge in [0.25, 0.3) is 0 Å². The third-order valence-electron chi connectivity index (χ3n) is 2.52. The van der Waals surface area contributed by atoms with Gasteiger partial charge in [0, 0.05) is 15.9 Å². The molecule has 96 valence electrons. The van der Waals surface area contributed by atoms with Crippen molar-refractivity contribution < 1.29 is 4.79 Å². The zero-order chi connectivity index (χ0) is 13.2. The molecule has 2 N–H and O–H groups in total. The molecule has 0 saturated heterocycles. The van der Waals surface area contributed by atoms with Crippen LogP contribution in [0, 0.1) is 0 Å². The van der Waals surface area contributed by atoms with Gasteiger partial charge in [0.15, 0.2) is 0 Å². The van der Waals surface area contributed by atoms with E-state index in [0.29, 0.717) is 6.54 Å². The Balaban J connectivity index is 1.98. The van der Waals surface area contributed by atoms with E-state index in [0.717, 1.165) is 5.69 Å². The van der Waals surface area contributed by atoms with E-state index in [1.54, 1.807) is 11.3 Å². The van der Waals surface area contributed by atoms with Crippen molar-refractivity contribution in [3.8, 4) is 0 Å². The number of carbonyl (C=O) groups excluding carboxylic acids is 1. The van der Waals surface area contributed by atoms with Crippen LogP contribution in [0.4, 0.5) is 5.69 Å². The van der Waals surface area contributed by atoms with Crippen molar-refractivity contribution in [3.63, 3.8) is 0 Å². The molecule has 0 radical (unpaired) electrons. The molecule has 4 heteroatoms. The Labute approximate surface area is 111 Å². The van der Waals surface area contributed by atoms with Gasteiger partial charge in [-0.25, -0.2) is 0 Å². The molecule has 2 rings (SSSR count). The highest BCUT2D eigenvalue weighted by Gasteiger charge is 2.11. The average molecular weight is 262 g/mol. The molecular weight excluding hydrogens is 244 g/mol. The van der Waals surface area contributed by atoms with Gasteiger partial charge in [-0.3, -0.25) is 4.79 Å². The van der Waals surface area contributed by atoms with Crippen LogP contribution in [-0.2, 0) is 4.79 Å². The summed E-state index contributed by atoms with van der Waals surface area (Å²) in [5, 5.41) is 9.28. The fourth-order valence-electron chi connectivity index (χ4n) is 1.60. The Morgan fingerprint density at radius 1 is 1.28 bits per heavy atom. The molecule has 1 aromatic heterocycles. The summed E-state index contributed by atoms with van der Waals surface area (Å²) >= 11 is 1.70. The SMILES string of the molecule is CC(C)(C)NCC(=O)Nc1ccc2sccc2c1. The van der Waals surface area contributed by atoms with Crippen LogP contribution in [0.25, 0.3) is 10.1 Å². The minimum absolute atomic E-state index is 0.0143. The van der Waals surface area contributed by atoms with Gasteiger partial charge in [-0.05, 0) is 55.8 Å². The van der Waals surface area contributed by atoms with Crippen LogP contribution in [0.1, 0.15) is 20.8 Å². The van der Waals surface area contributed by atoms with E-state index >= 15 is 0 Å². The van der Waals surface area contributed by atoms with Gasteiger partial charge in [0.1, 0.15) is 0 Å². The molecule has 1 amide bonds. The number of hydrogen-bond acceptors (Lipinski definition) is 3. The third kappa shape index (κ3) is 3.55. The molecule has 0 saturated carbocycles. The molecule has 18 heavy (non-hydrogen) atoms. The van der Waals surface area contributed by atoms with Crippen molar-refractivity contribution >= 4 is 33.0 Å². The molecule has 1 aromatic carbocycles. The molecule has 0 aliphatic carbocycles. The fraction of sp³-hybridized carbons (Fsp3) is 0.357. The monoisotopic (exact) mass is 262 g/mol. The second-order valence-electron chi connectivity index (χ2n) is 5.32. The van der Waals surface area contributed by atoms with Crippen LogP contribution in [-0.4, -0.2) is 18.0 Å². The number of anilines is 1. The van der Waals surface area contributed by atoms with Gasteiger partial charge >= 0.3 is 0 Å². The Bertz CT molecular complexity index is 554. The summed E-state index contributed by atoms with van der Waals surface area (Å²) in [5.74, 6) is -0.0143. The zero-order valence-corrected chi connectivity index (χ0v) is 11.7. The van der Waals surface area contributed by atoms with Crippen molar-refractivity contribution in [3.05, 3.63) is 29.6 Å². The number of benzene rings is 1. The summed E-state index contributed by atoms with van der Waals surface area (Å²) in [6, 6.07) is 8.03. The number of amides is 1. The number of hydrogen-bond donors (Lipinski definition) is 2. The van der Waals surface area contributed by atoms with Crippen LogP contribution in [0.3, 0.4) is 0 Å². The number of rotatable bonds is 3. The number of carbonyl (C=O) groups is 1. The largest absolute Gasteiger partial charge is 0.325 e. The second-order valence-corrected chi connectivity index (χ2v) is 6.27. The molecule has 0 aliphatic rings. The smallest absolute Gasteiger partial charge is 0.238 e. The first-order valence-electron chi connectivity index (χ1n) is 5.96. The lowest BCUT2D eigenvalue weighted by atomic mass is 10.1. The molecule has 0 bridgehead atoms. The van der Waals surface area contributed by atoms with Crippen LogP contribution >= 0.6 is 11.3 Å². The standard InChI is InChI=1S/C14H18N2OS/c1-14(2,3)15-9-13(17)16-11-4-5-12-10(8-11)6-7-18-12/h4-8,15H,9H2,1-3H3,(H,16,17). The summed E-state index contributed by atoms with van der Waals surface area (Å²) in [6.45, 7) is 6.44. The molecular formula is C14H18N2OS. The van der Waals surface area contributed by atoms with E-state index in [-0.39, 0.29) is 11.4 Å². The molecule has 1 heterocycles. The number of thiophene rings is 1. The van der Waals surface area contributed by atoms with E-state index in [1.165, 1.54) is 10.1 Å². The highest BCUT2D eigenvalue weighted by molar-refractivity contribution is 7.17. The van der Waals surface area contributed by atoms with Crippen molar-refractivity contribution in [1.82, 2.24) is 5.32 Å². The van der Waals surface area contributed by atoms with E-state index < -0.39 is 0 Å². The van der Waals surface area contributed by atoms with Crippen LogP contribution in [0.2, 0.25) is 0 Å². The van der Waals surface area contributed by atoms with Gasteiger partial charge in [0.2, 0.25) is 5.91 Å². The van der Waals surface area contributed by atoms with Gasteiger partial charge in [-0.1, -0.05) is 0 Å². The third-order valence-corrected chi connectivity index (χ3v) is 3.41. The molecule has 0 unspecified atom stereocenters. The summed E-state index contributed by atoms with van der Waals surface area (Å²) < 4.78 is 1.24. The molecule has 0 spiro atoms. The lowest BCUT2D eigenvalue weighted by molar-refractivity contribution is -0.115. The van der Waals surface area contributed by atoms with E-state index in [2.05, 4.69) is 22.1 Å². The van der Waals surface area contributed by atoms with E-state index in [4.69, 9.17) is 0 Å². The average Bonchev–Trinajstić information content (AvgIpc) is 2.72. The van der Waals surface area contributed by atoms with Crippen molar-refractivity contribution in [2.24, 2.45) is 0 Å². The molecule has 0 atom stereocenters. The zero-order valence-electron chi connectivity index (χ0n) is 10.9. The summed E-state index contributed by atoms with van der Waals surface area (Å²) in [6.07, 6.45) is 0. The molecule has 2 aromatic rings. The van der Waals surface area contributed by atoms with Crippen LogP contribution < -0.4 is 10.6 Å². The van der Waals surface area contributed by atoms with Gasteiger partial charge < -0.3 is 10.6 Å². The van der Waals surface area contributed by atoms with E-state index in [9.17, 15) is 4.79 Å². The maximum Gasteiger partial charge on any atom is 0.238 e. The normalized spacial score (nSPS) is 11.7. The van der Waals surface area contributed by atoms with Gasteiger partial charge in [0.05, 0.1) is 6.54 Å².